The predicted molar refractivity (Wildman–Crippen MR) is 101 cm³/mol. The molecule has 0 atom stereocenters. The number of rotatable bonds is 5. The first-order valence-corrected chi connectivity index (χ1v) is 9.50. The van der Waals surface area contributed by atoms with Gasteiger partial charge in [-0.15, -0.1) is 0 Å². The Labute approximate surface area is 154 Å². The van der Waals surface area contributed by atoms with Crippen molar-refractivity contribution in [3.63, 3.8) is 0 Å². The second-order valence-corrected chi connectivity index (χ2v) is 7.46. The first-order chi connectivity index (χ1) is 12.5. The number of hydrogen-bond donors (Lipinski definition) is 3. The summed E-state index contributed by atoms with van der Waals surface area (Å²) in [7, 11) is 0. The Morgan fingerprint density at radius 1 is 0.923 bits per heavy atom. The number of hydrogen-bond acceptors (Lipinski definition) is 3. The van der Waals surface area contributed by atoms with E-state index in [1.807, 2.05) is 0 Å². The van der Waals surface area contributed by atoms with Crippen molar-refractivity contribution in [1.29, 1.82) is 0 Å². The third kappa shape index (κ3) is 4.42. The van der Waals surface area contributed by atoms with Crippen LogP contribution in [0.1, 0.15) is 58.3 Å². The predicted octanol–water partition coefficient (Wildman–Crippen LogP) is 3.20. The van der Waals surface area contributed by atoms with E-state index in [4.69, 9.17) is 0 Å². The molecule has 1 aromatic carbocycles. The largest absolute Gasteiger partial charge is 0.352 e. The van der Waals surface area contributed by atoms with Gasteiger partial charge in [-0.1, -0.05) is 31.7 Å². The lowest BCUT2D eigenvalue weighted by Gasteiger charge is -2.21. The highest BCUT2D eigenvalue weighted by molar-refractivity contribution is 6.13. The molecule has 0 heterocycles. The molecule has 0 unspecified atom stereocenters. The summed E-state index contributed by atoms with van der Waals surface area (Å²) in [6.45, 7) is 1.43. The maximum Gasteiger partial charge on any atom is 0.240 e. The fourth-order valence-electron chi connectivity index (χ4n) is 3.56. The van der Waals surface area contributed by atoms with E-state index in [1.54, 1.807) is 24.3 Å². The van der Waals surface area contributed by atoms with Gasteiger partial charge in [0.1, 0.15) is 5.41 Å². The molecule has 6 nitrogen and oxygen atoms in total. The molecule has 0 bridgehead atoms. The minimum absolute atomic E-state index is 0.139. The zero-order chi connectivity index (χ0) is 18.6. The molecule has 26 heavy (non-hydrogen) atoms. The number of anilines is 2. The van der Waals surface area contributed by atoms with E-state index in [2.05, 4.69) is 16.0 Å². The molecule has 2 saturated carbocycles. The van der Waals surface area contributed by atoms with Gasteiger partial charge >= 0.3 is 0 Å². The quantitative estimate of drug-likeness (QED) is 0.558. The molecule has 140 valence electrons. The molecule has 2 aliphatic carbocycles. The van der Waals surface area contributed by atoms with Gasteiger partial charge in [-0.25, -0.2) is 0 Å². The third-order valence-corrected chi connectivity index (χ3v) is 5.25. The maximum atomic E-state index is 12.7. The molecule has 0 spiro atoms. The lowest BCUT2D eigenvalue weighted by Crippen LogP contribution is -2.44. The van der Waals surface area contributed by atoms with Crippen molar-refractivity contribution in [2.45, 2.75) is 64.3 Å². The summed E-state index contributed by atoms with van der Waals surface area (Å²) < 4.78 is 0. The molecule has 0 saturated heterocycles. The summed E-state index contributed by atoms with van der Waals surface area (Å²) in [5.41, 5.74) is 0.258. The Hall–Kier alpha value is -2.37. The second-order valence-electron chi connectivity index (χ2n) is 7.46. The van der Waals surface area contributed by atoms with Gasteiger partial charge in [0.25, 0.3) is 0 Å². The monoisotopic (exact) mass is 357 g/mol. The molecule has 3 rings (SSSR count). The third-order valence-electron chi connectivity index (χ3n) is 5.25. The average molecular weight is 357 g/mol. The SMILES string of the molecule is CC(=O)Nc1cccc(NC(=O)C2(C(=O)NC3CCCCCC3)CC2)c1. The molecule has 2 fully saturated rings. The fourth-order valence-corrected chi connectivity index (χ4v) is 3.56. The van der Waals surface area contributed by atoms with Crippen LogP contribution < -0.4 is 16.0 Å². The van der Waals surface area contributed by atoms with Crippen LogP contribution in [0.15, 0.2) is 24.3 Å². The van der Waals surface area contributed by atoms with Crippen LogP contribution in [0.5, 0.6) is 0 Å². The van der Waals surface area contributed by atoms with Crippen LogP contribution in [-0.4, -0.2) is 23.8 Å². The van der Waals surface area contributed by atoms with Crippen molar-refractivity contribution in [3.05, 3.63) is 24.3 Å². The Morgan fingerprint density at radius 2 is 1.54 bits per heavy atom. The van der Waals surface area contributed by atoms with Crippen LogP contribution in [-0.2, 0) is 14.4 Å². The van der Waals surface area contributed by atoms with Crippen molar-refractivity contribution in [3.8, 4) is 0 Å². The lowest BCUT2D eigenvalue weighted by atomic mass is 10.0. The van der Waals surface area contributed by atoms with Gasteiger partial charge in [0.2, 0.25) is 17.7 Å². The number of nitrogens with one attached hydrogen (secondary N) is 3. The smallest absolute Gasteiger partial charge is 0.240 e. The van der Waals surface area contributed by atoms with Crippen LogP contribution in [0, 0.1) is 5.41 Å². The molecule has 3 amide bonds. The molecule has 0 radical (unpaired) electrons. The molecule has 3 N–H and O–H groups in total. The van der Waals surface area contributed by atoms with E-state index in [1.165, 1.54) is 19.8 Å². The van der Waals surface area contributed by atoms with Gasteiger partial charge in [0.05, 0.1) is 0 Å². The van der Waals surface area contributed by atoms with E-state index in [9.17, 15) is 14.4 Å². The summed E-state index contributed by atoms with van der Waals surface area (Å²) in [6.07, 6.45) is 7.90. The highest BCUT2D eigenvalue weighted by Crippen LogP contribution is 2.47. The van der Waals surface area contributed by atoms with E-state index in [0.29, 0.717) is 24.2 Å². The van der Waals surface area contributed by atoms with Crippen LogP contribution in [0.4, 0.5) is 11.4 Å². The maximum absolute atomic E-state index is 12.7. The summed E-state index contributed by atoms with van der Waals surface area (Å²) in [4.78, 5) is 36.6. The van der Waals surface area contributed by atoms with Crippen LogP contribution in [0.2, 0.25) is 0 Å². The molecule has 1 aromatic rings. The van der Waals surface area contributed by atoms with E-state index < -0.39 is 5.41 Å². The second kappa shape index (κ2) is 7.89. The van der Waals surface area contributed by atoms with Crippen molar-refractivity contribution in [1.82, 2.24) is 5.32 Å². The first-order valence-electron chi connectivity index (χ1n) is 9.50. The molecule has 0 aliphatic heterocycles. The van der Waals surface area contributed by atoms with Gasteiger partial charge < -0.3 is 16.0 Å². The zero-order valence-corrected chi connectivity index (χ0v) is 15.3. The van der Waals surface area contributed by atoms with Crippen LogP contribution in [0.3, 0.4) is 0 Å². The normalized spacial score (nSPS) is 19.1. The molecule has 6 heteroatoms. The van der Waals surface area contributed by atoms with Gasteiger partial charge in [-0.3, -0.25) is 14.4 Å². The molecule has 2 aliphatic rings. The number of carbonyl (C=O) groups is 3. The molecule has 0 aromatic heterocycles. The number of amides is 3. The minimum Gasteiger partial charge on any atom is -0.352 e. The van der Waals surface area contributed by atoms with E-state index >= 15 is 0 Å². The van der Waals surface area contributed by atoms with Gasteiger partial charge in [-0.2, -0.15) is 0 Å². The van der Waals surface area contributed by atoms with Crippen molar-refractivity contribution in [2.24, 2.45) is 5.41 Å². The highest BCUT2D eigenvalue weighted by atomic mass is 16.2. The fraction of sp³-hybridized carbons (Fsp3) is 0.550. The Bertz CT molecular complexity index is 689. The Balaban J connectivity index is 1.61. The summed E-state index contributed by atoms with van der Waals surface area (Å²) in [5, 5.41) is 8.63. The minimum atomic E-state index is -0.934. The molecular formula is C20H27N3O3. The number of carbonyl (C=O) groups excluding carboxylic acids is 3. The van der Waals surface area contributed by atoms with Gasteiger partial charge in [0.15, 0.2) is 0 Å². The lowest BCUT2D eigenvalue weighted by molar-refractivity contribution is -0.135. The number of benzene rings is 1. The van der Waals surface area contributed by atoms with Gasteiger partial charge in [0, 0.05) is 24.3 Å². The first kappa shape index (κ1) is 18.4. The van der Waals surface area contributed by atoms with Crippen LogP contribution >= 0.6 is 0 Å². The average Bonchev–Trinajstić information content (AvgIpc) is 3.40. The van der Waals surface area contributed by atoms with Gasteiger partial charge in [-0.05, 0) is 43.9 Å². The van der Waals surface area contributed by atoms with E-state index in [0.717, 1.165) is 25.7 Å². The molecular weight excluding hydrogens is 330 g/mol. The van der Waals surface area contributed by atoms with Crippen molar-refractivity contribution < 1.29 is 14.4 Å². The Morgan fingerprint density at radius 3 is 2.12 bits per heavy atom. The summed E-state index contributed by atoms with van der Waals surface area (Å²) in [5.74, 6) is -0.571. The summed E-state index contributed by atoms with van der Waals surface area (Å²) >= 11 is 0. The Kier molecular flexibility index (Phi) is 5.59. The highest BCUT2D eigenvalue weighted by Gasteiger charge is 2.56. The van der Waals surface area contributed by atoms with E-state index in [-0.39, 0.29) is 23.8 Å². The summed E-state index contributed by atoms with van der Waals surface area (Å²) in [6, 6.07) is 7.15. The zero-order valence-electron chi connectivity index (χ0n) is 15.3. The van der Waals surface area contributed by atoms with Crippen molar-refractivity contribution in [2.75, 3.05) is 10.6 Å². The van der Waals surface area contributed by atoms with Crippen LogP contribution in [0.25, 0.3) is 0 Å². The topological polar surface area (TPSA) is 87.3 Å². The standard InChI is InChI=1S/C20H27N3O3/c1-14(24)21-16-9-6-10-17(13-16)23-19(26)20(11-12-20)18(25)22-15-7-4-2-3-5-8-15/h6,9-10,13,15H,2-5,7-8,11-12H2,1H3,(H,21,24)(H,22,25)(H,23,26). The van der Waals surface area contributed by atoms with Crippen molar-refractivity contribution >= 4 is 29.1 Å².